The molecule has 0 amide bonds. The van der Waals surface area contributed by atoms with Crippen molar-refractivity contribution in [3.05, 3.63) is 22.5 Å². The number of methoxy groups -OCH3 is 2. The fraction of sp³-hybridized carbons (Fsp3) is 0.600. The van der Waals surface area contributed by atoms with E-state index >= 15 is 0 Å². The molecule has 0 spiro atoms. The minimum atomic E-state index is -0.930. The van der Waals surface area contributed by atoms with Crippen molar-refractivity contribution in [2.45, 2.75) is 52.4 Å². The maximum Gasteiger partial charge on any atom is 0.355 e. The highest BCUT2D eigenvalue weighted by Crippen LogP contribution is 2.24. The molecule has 0 radical (unpaired) electrons. The number of unbranched alkanes of at least 4 members (excludes halogenated alkanes) is 4. The van der Waals surface area contributed by atoms with Crippen LogP contribution < -0.4 is 0 Å². The Balaban J connectivity index is 3.32. The van der Waals surface area contributed by atoms with E-state index in [9.17, 15) is 19.2 Å². The Labute approximate surface area is 170 Å². The number of hydrogen-bond acceptors (Lipinski definition) is 8. The van der Waals surface area contributed by atoms with Gasteiger partial charge < -0.3 is 23.9 Å². The van der Waals surface area contributed by atoms with Crippen molar-refractivity contribution in [3.63, 3.8) is 0 Å². The van der Waals surface area contributed by atoms with E-state index in [1.54, 1.807) is 0 Å². The fourth-order valence-electron chi connectivity index (χ4n) is 2.60. The minimum Gasteiger partial charge on any atom is -0.464 e. The second kappa shape index (κ2) is 12.6. The summed E-state index contributed by atoms with van der Waals surface area (Å²) in [7, 11) is 2.22. The monoisotopic (exact) mass is 411 g/mol. The molecule has 0 atom stereocenters. The zero-order chi connectivity index (χ0) is 21.8. The first-order valence-electron chi connectivity index (χ1n) is 9.69. The number of nitrogens with one attached hydrogen (secondary N) is 1. The predicted molar refractivity (Wildman–Crippen MR) is 103 cm³/mol. The molecule has 9 heteroatoms. The summed E-state index contributed by atoms with van der Waals surface area (Å²) in [4.78, 5) is 52.1. The summed E-state index contributed by atoms with van der Waals surface area (Å²) in [6.07, 6.45) is 4.81. The summed E-state index contributed by atoms with van der Waals surface area (Å²) in [6.45, 7) is 4.21. The van der Waals surface area contributed by atoms with Crippen LogP contribution in [0, 0.1) is 0 Å². The Morgan fingerprint density at radius 1 is 0.655 bits per heavy atom. The Morgan fingerprint density at radius 2 is 1.03 bits per heavy atom. The van der Waals surface area contributed by atoms with Gasteiger partial charge in [-0.3, -0.25) is 0 Å². The highest BCUT2D eigenvalue weighted by atomic mass is 16.5. The average molecular weight is 411 g/mol. The number of aromatic amines is 1. The molecule has 0 aliphatic carbocycles. The molecule has 162 valence electrons. The molecule has 1 heterocycles. The van der Waals surface area contributed by atoms with E-state index in [4.69, 9.17) is 9.47 Å². The van der Waals surface area contributed by atoms with Crippen LogP contribution in [0.1, 0.15) is 94.1 Å². The van der Waals surface area contributed by atoms with Gasteiger partial charge in [-0.05, 0) is 12.8 Å². The lowest BCUT2D eigenvalue weighted by Crippen LogP contribution is -2.18. The van der Waals surface area contributed by atoms with Crippen LogP contribution in [-0.2, 0) is 18.9 Å². The van der Waals surface area contributed by atoms with Crippen molar-refractivity contribution in [2.24, 2.45) is 0 Å². The number of hydrogen-bond donors (Lipinski definition) is 1. The van der Waals surface area contributed by atoms with Gasteiger partial charge in [-0.2, -0.15) is 0 Å². The summed E-state index contributed by atoms with van der Waals surface area (Å²) < 4.78 is 19.7. The zero-order valence-corrected chi connectivity index (χ0v) is 17.4. The van der Waals surface area contributed by atoms with Crippen molar-refractivity contribution in [1.82, 2.24) is 4.98 Å². The largest absolute Gasteiger partial charge is 0.464 e. The molecule has 1 aromatic rings. The van der Waals surface area contributed by atoms with Gasteiger partial charge in [0, 0.05) is 0 Å². The fourth-order valence-corrected chi connectivity index (χ4v) is 2.60. The van der Waals surface area contributed by atoms with Crippen LogP contribution in [0.3, 0.4) is 0 Å². The molecule has 1 aromatic heterocycles. The van der Waals surface area contributed by atoms with Gasteiger partial charge in [0.25, 0.3) is 0 Å². The van der Waals surface area contributed by atoms with Crippen LogP contribution in [-0.4, -0.2) is 56.3 Å². The van der Waals surface area contributed by atoms with Crippen LogP contribution in [0.5, 0.6) is 0 Å². The molecule has 0 bridgehead atoms. The van der Waals surface area contributed by atoms with Crippen LogP contribution in [0.25, 0.3) is 0 Å². The van der Waals surface area contributed by atoms with Crippen LogP contribution >= 0.6 is 0 Å². The minimum absolute atomic E-state index is 0.108. The second-order valence-corrected chi connectivity index (χ2v) is 6.29. The van der Waals surface area contributed by atoms with E-state index in [1.807, 2.05) is 13.8 Å². The third kappa shape index (κ3) is 6.62. The number of carbonyl (C=O) groups is 4. The van der Waals surface area contributed by atoms with Gasteiger partial charge in [-0.15, -0.1) is 0 Å². The number of aromatic nitrogens is 1. The van der Waals surface area contributed by atoms with Gasteiger partial charge in [0.2, 0.25) is 0 Å². The Bertz CT molecular complexity index is 664. The quantitative estimate of drug-likeness (QED) is 0.316. The Morgan fingerprint density at radius 3 is 1.34 bits per heavy atom. The average Bonchev–Trinajstić information content (AvgIpc) is 3.13. The van der Waals surface area contributed by atoms with Gasteiger partial charge in [0.05, 0.1) is 27.4 Å². The van der Waals surface area contributed by atoms with Crippen LogP contribution in [0.15, 0.2) is 0 Å². The molecule has 1 N–H and O–H groups in total. The third-order valence-corrected chi connectivity index (χ3v) is 4.15. The molecule has 0 saturated carbocycles. The SMILES string of the molecule is CCCCCOC(=O)c1c(C(=O)OC)[nH]c(C(=O)OC)c1C(=O)OCCCCC. The number of esters is 4. The smallest absolute Gasteiger partial charge is 0.355 e. The molecule has 29 heavy (non-hydrogen) atoms. The molecule has 0 aromatic carbocycles. The standard InChI is InChI=1S/C20H29NO8/c1-5-7-9-11-28-17(22)13-14(18(23)29-12-10-8-6-2)16(20(25)27-4)21-15(13)19(24)26-3/h21H,5-12H2,1-4H3. The van der Waals surface area contributed by atoms with Crippen molar-refractivity contribution in [2.75, 3.05) is 27.4 Å². The molecule has 0 unspecified atom stereocenters. The van der Waals surface area contributed by atoms with Crippen molar-refractivity contribution in [1.29, 1.82) is 0 Å². The molecule has 0 saturated heterocycles. The summed E-state index contributed by atoms with van der Waals surface area (Å²) in [6, 6.07) is 0. The Hall–Kier alpha value is -2.84. The number of H-pyrrole nitrogens is 1. The van der Waals surface area contributed by atoms with Gasteiger partial charge in [-0.25, -0.2) is 19.2 Å². The maximum atomic E-state index is 12.7. The van der Waals surface area contributed by atoms with Gasteiger partial charge in [0.1, 0.15) is 22.5 Å². The molecular weight excluding hydrogens is 382 g/mol. The highest BCUT2D eigenvalue weighted by Gasteiger charge is 2.36. The van der Waals surface area contributed by atoms with E-state index in [0.717, 1.165) is 39.9 Å². The van der Waals surface area contributed by atoms with E-state index in [0.29, 0.717) is 12.8 Å². The molecule has 0 aliphatic rings. The summed E-state index contributed by atoms with van der Waals surface area (Å²) in [5.74, 6) is -3.71. The van der Waals surface area contributed by atoms with E-state index in [-0.39, 0.29) is 24.6 Å². The predicted octanol–water partition coefficient (Wildman–Crippen LogP) is 3.28. The lowest BCUT2D eigenvalue weighted by atomic mass is 10.1. The second-order valence-electron chi connectivity index (χ2n) is 6.29. The first-order valence-corrected chi connectivity index (χ1v) is 9.69. The van der Waals surface area contributed by atoms with Crippen molar-refractivity contribution in [3.8, 4) is 0 Å². The lowest BCUT2D eigenvalue weighted by molar-refractivity contribution is 0.0440. The van der Waals surface area contributed by atoms with E-state index in [2.05, 4.69) is 14.5 Å². The molecule has 9 nitrogen and oxygen atoms in total. The first-order chi connectivity index (χ1) is 13.9. The normalized spacial score (nSPS) is 10.3. The van der Waals surface area contributed by atoms with Crippen molar-refractivity contribution >= 4 is 23.9 Å². The zero-order valence-electron chi connectivity index (χ0n) is 17.4. The van der Waals surface area contributed by atoms with Crippen LogP contribution in [0.4, 0.5) is 0 Å². The number of rotatable bonds is 12. The summed E-state index contributed by atoms with van der Waals surface area (Å²) in [5.41, 5.74) is -1.52. The van der Waals surface area contributed by atoms with Crippen molar-refractivity contribution < 1.29 is 38.1 Å². The molecule has 0 fully saturated rings. The van der Waals surface area contributed by atoms with E-state index in [1.165, 1.54) is 0 Å². The molecular formula is C20H29NO8. The lowest BCUT2D eigenvalue weighted by Gasteiger charge is -2.09. The summed E-state index contributed by atoms with van der Waals surface area (Å²) >= 11 is 0. The Kier molecular flexibility index (Phi) is 10.5. The third-order valence-electron chi connectivity index (χ3n) is 4.15. The first kappa shape index (κ1) is 24.2. The topological polar surface area (TPSA) is 121 Å². The number of carbonyl (C=O) groups excluding carboxylic acids is 4. The van der Waals surface area contributed by atoms with E-state index < -0.39 is 35.0 Å². The number of ether oxygens (including phenoxy) is 4. The van der Waals surface area contributed by atoms with Gasteiger partial charge in [-0.1, -0.05) is 39.5 Å². The van der Waals surface area contributed by atoms with Crippen LogP contribution in [0.2, 0.25) is 0 Å². The summed E-state index contributed by atoms with van der Waals surface area (Å²) in [5, 5.41) is 0. The maximum absolute atomic E-state index is 12.7. The highest BCUT2D eigenvalue weighted by molar-refractivity contribution is 6.15. The van der Waals surface area contributed by atoms with Gasteiger partial charge >= 0.3 is 23.9 Å². The molecule has 1 rings (SSSR count). The molecule has 0 aliphatic heterocycles. The van der Waals surface area contributed by atoms with Gasteiger partial charge in [0.15, 0.2) is 0 Å².